The first-order valence-corrected chi connectivity index (χ1v) is 3.81. The molecule has 1 saturated heterocycles. The Morgan fingerprint density at radius 3 is 2.82 bits per heavy atom. The van der Waals surface area contributed by atoms with Crippen LogP contribution in [0.2, 0.25) is 0 Å². The highest BCUT2D eigenvalue weighted by molar-refractivity contribution is 7.81. The highest BCUT2D eigenvalue weighted by Crippen LogP contribution is 2.15. The molecule has 1 fully saturated rings. The molecule has 1 N–H and O–H groups in total. The van der Waals surface area contributed by atoms with Gasteiger partial charge < -0.3 is 10.0 Å². The standard InChI is InChI=1S/C6H9NO3S/c8-5(9)3-7-2-1-4(11)6(7)10/h4,11H,1-3H2,(H,8,9). The number of rotatable bonds is 2. The van der Waals surface area contributed by atoms with Gasteiger partial charge in [-0.05, 0) is 6.42 Å². The van der Waals surface area contributed by atoms with Crippen LogP contribution in [0.15, 0.2) is 0 Å². The van der Waals surface area contributed by atoms with E-state index in [1.807, 2.05) is 0 Å². The number of carboxylic acid groups (broad SMARTS) is 1. The summed E-state index contributed by atoms with van der Waals surface area (Å²) in [6, 6.07) is 0. The molecule has 1 unspecified atom stereocenters. The first-order valence-electron chi connectivity index (χ1n) is 3.30. The number of likely N-dealkylation sites (tertiary alicyclic amines) is 1. The fourth-order valence-corrected chi connectivity index (χ4v) is 1.32. The molecule has 0 saturated carbocycles. The largest absolute Gasteiger partial charge is 0.480 e. The van der Waals surface area contributed by atoms with Crippen LogP contribution in [0.5, 0.6) is 0 Å². The summed E-state index contributed by atoms with van der Waals surface area (Å²) in [7, 11) is 0. The van der Waals surface area contributed by atoms with E-state index in [0.717, 1.165) is 0 Å². The van der Waals surface area contributed by atoms with Crippen LogP contribution in [-0.4, -0.2) is 40.2 Å². The lowest BCUT2D eigenvalue weighted by atomic mass is 10.4. The molecular weight excluding hydrogens is 166 g/mol. The third kappa shape index (κ3) is 1.86. The Kier molecular flexibility index (Phi) is 2.38. The summed E-state index contributed by atoms with van der Waals surface area (Å²) in [4.78, 5) is 22.5. The van der Waals surface area contributed by atoms with Gasteiger partial charge in [0.1, 0.15) is 6.54 Å². The zero-order chi connectivity index (χ0) is 8.43. The monoisotopic (exact) mass is 175 g/mol. The Balaban J connectivity index is 2.49. The van der Waals surface area contributed by atoms with Gasteiger partial charge in [-0.15, -0.1) is 0 Å². The second-order valence-electron chi connectivity index (χ2n) is 2.46. The molecule has 0 aromatic carbocycles. The van der Waals surface area contributed by atoms with E-state index in [2.05, 4.69) is 12.6 Å². The molecule has 0 spiro atoms. The maximum atomic E-state index is 11.0. The average molecular weight is 175 g/mol. The molecule has 11 heavy (non-hydrogen) atoms. The predicted molar refractivity (Wildman–Crippen MR) is 41.6 cm³/mol. The van der Waals surface area contributed by atoms with Crippen LogP contribution in [0.4, 0.5) is 0 Å². The van der Waals surface area contributed by atoms with Gasteiger partial charge >= 0.3 is 5.97 Å². The minimum Gasteiger partial charge on any atom is -0.480 e. The van der Waals surface area contributed by atoms with Crippen LogP contribution in [0.3, 0.4) is 0 Å². The van der Waals surface area contributed by atoms with Crippen LogP contribution in [0, 0.1) is 0 Å². The number of thiol groups is 1. The number of carbonyl (C=O) groups is 2. The van der Waals surface area contributed by atoms with Crippen LogP contribution in [0.25, 0.3) is 0 Å². The molecule has 4 nitrogen and oxygen atoms in total. The Morgan fingerprint density at radius 2 is 2.45 bits per heavy atom. The number of hydrogen-bond donors (Lipinski definition) is 2. The SMILES string of the molecule is O=C(O)CN1CCC(S)C1=O. The topological polar surface area (TPSA) is 57.6 Å². The molecular formula is C6H9NO3S. The average Bonchev–Trinajstić information content (AvgIpc) is 2.18. The van der Waals surface area contributed by atoms with Crippen molar-refractivity contribution < 1.29 is 14.7 Å². The zero-order valence-corrected chi connectivity index (χ0v) is 6.75. The lowest BCUT2D eigenvalue weighted by Crippen LogP contribution is -2.32. The molecule has 1 atom stereocenters. The highest BCUT2D eigenvalue weighted by Gasteiger charge is 2.29. The molecule has 5 heteroatoms. The van der Waals surface area contributed by atoms with Gasteiger partial charge in [-0.1, -0.05) is 0 Å². The minimum atomic E-state index is -0.971. The molecule has 0 aliphatic carbocycles. The van der Waals surface area contributed by atoms with Gasteiger partial charge in [0.05, 0.1) is 5.25 Å². The first-order chi connectivity index (χ1) is 5.11. The van der Waals surface area contributed by atoms with Crippen molar-refractivity contribution in [2.24, 2.45) is 0 Å². The van der Waals surface area contributed by atoms with E-state index in [4.69, 9.17) is 5.11 Å². The molecule has 1 aliphatic rings. The summed E-state index contributed by atoms with van der Waals surface area (Å²) in [6.45, 7) is 0.315. The molecule has 0 radical (unpaired) electrons. The Bertz CT molecular complexity index is 194. The summed E-state index contributed by atoms with van der Waals surface area (Å²) < 4.78 is 0. The van der Waals surface area contributed by atoms with E-state index in [1.165, 1.54) is 4.90 Å². The number of carboxylic acids is 1. The predicted octanol–water partition coefficient (Wildman–Crippen LogP) is -0.398. The van der Waals surface area contributed by atoms with Crippen molar-refractivity contribution in [1.82, 2.24) is 4.90 Å². The Morgan fingerprint density at radius 1 is 1.82 bits per heavy atom. The maximum absolute atomic E-state index is 11.0. The normalized spacial score (nSPS) is 24.3. The van der Waals surface area contributed by atoms with Gasteiger partial charge in [0.15, 0.2) is 0 Å². The summed E-state index contributed by atoms with van der Waals surface area (Å²) in [5, 5.41) is 8.06. The quantitative estimate of drug-likeness (QED) is 0.561. The van der Waals surface area contributed by atoms with Crippen molar-refractivity contribution in [2.75, 3.05) is 13.1 Å². The van der Waals surface area contributed by atoms with Gasteiger partial charge in [-0.25, -0.2) is 0 Å². The number of nitrogens with zero attached hydrogens (tertiary/aromatic N) is 1. The van der Waals surface area contributed by atoms with Crippen molar-refractivity contribution in [3.63, 3.8) is 0 Å². The van der Waals surface area contributed by atoms with E-state index in [9.17, 15) is 9.59 Å². The van der Waals surface area contributed by atoms with E-state index in [1.54, 1.807) is 0 Å². The molecule has 0 aromatic heterocycles. The molecule has 0 bridgehead atoms. The highest BCUT2D eigenvalue weighted by atomic mass is 32.1. The third-order valence-electron chi connectivity index (χ3n) is 1.60. The number of aliphatic carboxylic acids is 1. The number of carbonyl (C=O) groups excluding carboxylic acids is 1. The second kappa shape index (κ2) is 3.13. The molecule has 0 aromatic rings. The molecule has 1 heterocycles. The van der Waals surface area contributed by atoms with Gasteiger partial charge in [0, 0.05) is 6.54 Å². The molecule has 1 rings (SSSR count). The van der Waals surface area contributed by atoms with Gasteiger partial charge in [-0.2, -0.15) is 12.6 Å². The van der Waals surface area contributed by atoms with E-state index < -0.39 is 5.97 Å². The second-order valence-corrected chi connectivity index (χ2v) is 3.08. The fourth-order valence-electron chi connectivity index (χ4n) is 1.04. The van der Waals surface area contributed by atoms with Crippen molar-refractivity contribution in [2.45, 2.75) is 11.7 Å². The Labute approximate surface area is 69.6 Å². The molecule has 1 aliphatic heterocycles. The summed E-state index contributed by atoms with van der Waals surface area (Å²) in [5.74, 6) is -1.14. The van der Waals surface area contributed by atoms with Crippen molar-refractivity contribution in [1.29, 1.82) is 0 Å². The van der Waals surface area contributed by atoms with E-state index >= 15 is 0 Å². The van der Waals surface area contributed by atoms with Crippen molar-refractivity contribution in [3.05, 3.63) is 0 Å². The zero-order valence-electron chi connectivity index (χ0n) is 5.86. The van der Waals surface area contributed by atoms with Gasteiger partial charge in [-0.3, -0.25) is 9.59 Å². The van der Waals surface area contributed by atoms with Crippen molar-refractivity contribution in [3.8, 4) is 0 Å². The van der Waals surface area contributed by atoms with Crippen LogP contribution < -0.4 is 0 Å². The minimum absolute atomic E-state index is 0.171. The van der Waals surface area contributed by atoms with E-state index in [-0.39, 0.29) is 17.7 Å². The number of amides is 1. The molecule has 1 amide bonds. The third-order valence-corrected chi connectivity index (χ3v) is 2.07. The van der Waals surface area contributed by atoms with E-state index in [0.29, 0.717) is 13.0 Å². The maximum Gasteiger partial charge on any atom is 0.323 e. The van der Waals surface area contributed by atoms with Crippen LogP contribution in [-0.2, 0) is 9.59 Å². The Hall–Kier alpha value is -0.710. The smallest absolute Gasteiger partial charge is 0.323 e. The summed E-state index contributed by atoms with van der Waals surface area (Å²) >= 11 is 3.98. The number of hydrogen-bond acceptors (Lipinski definition) is 3. The summed E-state index contributed by atoms with van der Waals surface area (Å²) in [5.41, 5.74) is 0. The van der Waals surface area contributed by atoms with Gasteiger partial charge in [0.2, 0.25) is 5.91 Å². The van der Waals surface area contributed by atoms with Crippen LogP contribution >= 0.6 is 12.6 Å². The van der Waals surface area contributed by atoms with Crippen molar-refractivity contribution >= 4 is 24.5 Å². The summed E-state index contributed by atoms with van der Waals surface area (Å²) in [6.07, 6.45) is 0.648. The van der Waals surface area contributed by atoms with Crippen LogP contribution in [0.1, 0.15) is 6.42 Å². The lowest BCUT2D eigenvalue weighted by Gasteiger charge is -2.11. The lowest BCUT2D eigenvalue weighted by molar-refractivity contribution is -0.142. The first kappa shape index (κ1) is 8.39. The van der Waals surface area contributed by atoms with Gasteiger partial charge in [0.25, 0.3) is 0 Å². The molecule has 62 valence electrons. The fraction of sp³-hybridized carbons (Fsp3) is 0.667.